The second-order valence-corrected chi connectivity index (χ2v) is 4.88. The van der Waals surface area contributed by atoms with E-state index in [1.54, 1.807) is 0 Å². The molecule has 1 heterocycles. The molecule has 3 rings (SSSR count). The first kappa shape index (κ1) is 12.9. The minimum absolute atomic E-state index is 0.415. The highest BCUT2D eigenvalue weighted by atomic mass is 16.5. The van der Waals surface area contributed by atoms with Gasteiger partial charge in [-0.3, -0.25) is 0 Å². The van der Waals surface area contributed by atoms with Crippen LogP contribution in [0.1, 0.15) is 18.4 Å². The van der Waals surface area contributed by atoms with E-state index in [4.69, 9.17) is 9.47 Å². The van der Waals surface area contributed by atoms with Gasteiger partial charge in [0.25, 0.3) is 0 Å². The fraction of sp³-hybridized carbons (Fsp3) is 0.294. The van der Waals surface area contributed by atoms with Crippen LogP contribution in [-0.4, -0.2) is 19.8 Å². The molecule has 0 aliphatic carbocycles. The first-order valence-electron chi connectivity index (χ1n) is 7.05. The van der Waals surface area contributed by atoms with Crippen molar-refractivity contribution in [2.75, 3.05) is 25.1 Å². The molecule has 1 aliphatic rings. The summed E-state index contributed by atoms with van der Waals surface area (Å²) in [7, 11) is 0. The molecule has 0 spiro atoms. The Balaban J connectivity index is 1.60. The van der Waals surface area contributed by atoms with E-state index in [1.807, 2.05) is 43.3 Å². The van der Waals surface area contributed by atoms with E-state index in [9.17, 15) is 0 Å². The van der Waals surface area contributed by atoms with Crippen LogP contribution in [0, 0.1) is 0 Å². The van der Waals surface area contributed by atoms with Crippen LogP contribution in [0.4, 0.5) is 5.69 Å². The van der Waals surface area contributed by atoms with E-state index in [1.165, 1.54) is 5.56 Å². The number of benzene rings is 2. The zero-order valence-electron chi connectivity index (χ0n) is 11.6. The van der Waals surface area contributed by atoms with Gasteiger partial charge in [0.15, 0.2) is 0 Å². The summed E-state index contributed by atoms with van der Waals surface area (Å²) in [5, 5.41) is 3.46. The van der Waals surface area contributed by atoms with Crippen molar-refractivity contribution in [1.82, 2.24) is 0 Å². The Bertz CT molecular complexity index is 565. The van der Waals surface area contributed by atoms with E-state index in [-0.39, 0.29) is 0 Å². The average molecular weight is 269 g/mol. The van der Waals surface area contributed by atoms with Gasteiger partial charge < -0.3 is 14.8 Å². The van der Waals surface area contributed by atoms with Crippen molar-refractivity contribution >= 4 is 5.69 Å². The van der Waals surface area contributed by atoms with Crippen LogP contribution in [0.3, 0.4) is 0 Å². The molecule has 3 nitrogen and oxygen atoms in total. The van der Waals surface area contributed by atoms with E-state index in [0.29, 0.717) is 12.5 Å². The van der Waals surface area contributed by atoms with Crippen molar-refractivity contribution in [3.8, 4) is 11.5 Å². The quantitative estimate of drug-likeness (QED) is 0.898. The number of ether oxygens (including phenoxy) is 2. The largest absolute Gasteiger partial charge is 0.494 e. The third kappa shape index (κ3) is 2.72. The van der Waals surface area contributed by atoms with Crippen LogP contribution in [0.2, 0.25) is 0 Å². The fourth-order valence-electron chi connectivity index (χ4n) is 2.48. The standard InChI is InChI=1S/C17H19NO2/c1-2-19-15-9-7-14(8-10-15)18-11-13-12-20-17-6-4-3-5-16(13)17/h3-10,13,18H,2,11-12H2,1H3. The number of rotatable bonds is 5. The predicted octanol–water partition coefficient (Wildman–Crippen LogP) is 3.67. The first-order valence-corrected chi connectivity index (χ1v) is 7.05. The van der Waals surface area contributed by atoms with Crippen LogP contribution in [0.5, 0.6) is 11.5 Å². The number of para-hydroxylation sites is 1. The summed E-state index contributed by atoms with van der Waals surface area (Å²) < 4.78 is 11.1. The molecule has 3 heteroatoms. The number of hydrogen-bond acceptors (Lipinski definition) is 3. The molecule has 0 bridgehead atoms. The monoisotopic (exact) mass is 269 g/mol. The molecular formula is C17H19NO2. The molecule has 2 aromatic carbocycles. The minimum Gasteiger partial charge on any atom is -0.494 e. The Morgan fingerprint density at radius 1 is 1.15 bits per heavy atom. The molecule has 1 N–H and O–H groups in total. The van der Waals surface area contributed by atoms with Crippen molar-refractivity contribution in [1.29, 1.82) is 0 Å². The van der Waals surface area contributed by atoms with Crippen molar-refractivity contribution in [2.24, 2.45) is 0 Å². The average Bonchev–Trinajstić information content (AvgIpc) is 2.90. The van der Waals surface area contributed by atoms with Gasteiger partial charge in [-0.1, -0.05) is 18.2 Å². The van der Waals surface area contributed by atoms with Crippen molar-refractivity contribution in [2.45, 2.75) is 12.8 Å². The van der Waals surface area contributed by atoms with Crippen molar-refractivity contribution in [3.63, 3.8) is 0 Å². The van der Waals surface area contributed by atoms with Gasteiger partial charge in [0.05, 0.1) is 13.2 Å². The number of nitrogens with one attached hydrogen (secondary N) is 1. The maximum atomic E-state index is 5.69. The molecule has 0 saturated carbocycles. The van der Waals surface area contributed by atoms with Crippen LogP contribution in [0.15, 0.2) is 48.5 Å². The Kier molecular flexibility index (Phi) is 3.77. The van der Waals surface area contributed by atoms with Crippen molar-refractivity contribution in [3.05, 3.63) is 54.1 Å². The number of fused-ring (bicyclic) bond motifs is 1. The molecule has 0 radical (unpaired) electrons. The zero-order valence-corrected chi connectivity index (χ0v) is 11.6. The molecule has 104 valence electrons. The molecule has 2 aromatic rings. The summed E-state index contributed by atoms with van der Waals surface area (Å²) in [6, 6.07) is 16.3. The second kappa shape index (κ2) is 5.87. The molecule has 0 saturated heterocycles. The molecule has 1 aliphatic heterocycles. The Morgan fingerprint density at radius 2 is 1.95 bits per heavy atom. The molecule has 0 fully saturated rings. The smallest absolute Gasteiger partial charge is 0.122 e. The maximum absolute atomic E-state index is 5.69. The molecule has 1 atom stereocenters. The third-order valence-corrected chi connectivity index (χ3v) is 3.52. The predicted molar refractivity (Wildman–Crippen MR) is 80.8 cm³/mol. The summed E-state index contributed by atoms with van der Waals surface area (Å²) in [5.41, 5.74) is 2.41. The van der Waals surface area contributed by atoms with Gasteiger partial charge in [-0.25, -0.2) is 0 Å². The van der Waals surface area contributed by atoms with Gasteiger partial charge in [-0.2, -0.15) is 0 Å². The van der Waals surface area contributed by atoms with E-state index >= 15 is 0 Å². The number of hydrogen-bond donors (Lipinski definition) is 1. The van der Waals surface area contributed by atoms with Crippen LogP contribution >= 0.6 is 0 Å². The van der Waals surface area contributed by atoms with Gasteiger partial charge in [0, 0.05) is 23.7 Å². The summed E-state index contributed by atoms with van der Waals surface area (Å²) in [6.45, 7) is 4.32. The van der Waals surface area contributed by atoms with Crippen molar-refractivity contribution < 1.29 is 9.47 Å². The van der Waals surface area contributed by atoms with Gasteiger partial charge in [-0.15, -0.1) is 0 Å². The summed E-state index contributed by atoms with van der Waals surface area (Å²) >= 11 is 0. The van der Waals surface area contributed by atoms with Crippen LogP contribution in [0.25, 0.3) is 0 Å². The normalized spacial score (nSPS) is 16.4. The number of anilines is 1. The SMILES string of the molecule is CCOc1ccc(NCC2COc3ccccc32)cc1. The van der Waals surface area contributed by atoms with E-state index in [0.717, 1.165) is 30.3 Å². The molecular weight excluding hydrogens is 250 g/mol. The van der Waals surface area contributed by atoms with E-state index in [2.05, 4.69) is 17.4 Å². The maximum Gasteiger partial charge on any atom is 0.122 e. The Labute approximate surface area is 119 Å². The summed E-state index contributed by atoms with van der Waals surface area (Å²) in [5.74, 6) is 2.34. The highest BCUT2D eigenvalue weighted by molar-refractivity contribution is 5.48. The fourth-order valence-corrected chi connectivity index (χ4v) is 2.48. The van der Waals surface area contributed by atoms with Gasteiger partial charge in [0.1, 0.15) is 11.5 Å². The lowest BCUT2D eigenvalue weighted by molar-refractivity contribution is 0.334. The minimum atomic E-state index is 0.415. The summed E-state index contributed by atoms with van der Waals surface area (Å²) in [6.07, 6.45) is 0. The highest BCUT2D eigenvalue weighted by Gasteiger charge is 2.22. The van der Waals surface area contributed by atoms with E-state index < -0.39 is 0 Å². The molecule has 20 heavy (non-hydrogen) atoms. The van der Waals surface area contributed by atoms with Gasteiger partial charge in [-0.05, 0) is 37.3 Å². The topological polar surface area (TPSA) is 30.5 Å². The molecule has 0 aromatic heterocycles. The highest BCUT2D eigenvalue weighted by Crippen LogP contribution is 2.33. The van der Waals surface area contributed by atoms with Gasteiger partial charge in [0.2, 0.25) is 0 Å². The lowest BCUT2D eigenvalue weighted by atomic mass is 10.0. The Morgan fingerprint density at radius 3 is 2.75 bits per heavy atom. The molecule has 1 unspecified atom stereocenters. The van der Waals surface area contributed by atoms with Crippen LogP contribution < -0.4 is 14.8 Å². The Hall–Kier alpha value is -2.16. The third-order valence-electron chi connectivity index (χ3n) is 3.52. The van der Waals surface area contributed by atoms with Gasteiger partial charge >= 0.3 is 0 Å². The lowest BCUT2D eigenvalue weighted by Gasteiger charge is -2.12. The second-order valence-electron chi connectivity index (χ2n) is 4.88. The lowest BCUT2D eigenvalue weighted by Crippen LogP contribution is -2.13. The zero-order chi connectivity index (χ0) is 13.8. The first-order chi connectivity index (χ1) is 9.86. The molecule has 0 amide bonds. The van der Waals surface area contributed by atoms with Crippen LogP contribution in [-0.2, 0) is 0 Å². The summed E-state index contributed by atoms with van der Waals surface area (Å²) in [4.78, 5) is 0.